The van der Waals surface area contributed by atoms with E-state index < -0.39 is 6.17 Å². The number of benzene rings is 2. The number of halogens is 2. The molecule has 2 aromatic carbocycles. The van der Waals surface area contributed by atoms with Crippen molar-refractivity contribution >= 4 is 16.6 Å². The van der Waals surface area contributed by atoms with E-state index in [0.717, 1.165) is 5.69 Å². The molecule has 37 heavy (non-hydrogen) atoms. The van der Waals surface area contributed by atoms with Crippen LogP contribution in [0.25, 0.3) is 10.9 Å². The normalized spacial score (nSPS) is 14.6. The molecule has 1 unspecified atom stereocenters. The van der Waals surface area contributed by atoms with Crippen molar-refractivity contribution in [3.63, 3.8) is 0 Å². The lowest BCUT2D eigenvalue weighted by molar-refractivity contribution is 0.277. The molecule has 1 N–H and O–H groups in total. The van der Waals surface area contributed by atoms with Crippen molar-refractivity contribution in [1.29, 1.82) is 0 Å². The summed E-state index contributed by atoms with van der Waals surface area (Å²) in [6.45, 7) is 12.9. The van der Waals surface area contributed by atoms with Gasteiger partial charge in [-0.3, -0.25) is 4.79 Å². The molecule has 1 atom stereocenters. The number of aliphatic hydroxyl groups is 1. The minimum absolute atomic E-state index is 0.0605. The molecular formula is C30H42F2N2O3. The van der Waals surface area contributed by atoms with E-state index in [1.807, 2.05) is 23.3 Å². The molecule has 1 aliphatic rings. The molecule has 4 rings (SSSR count). The zero-order valence-electron chi connectivity index (χ0n) is 23.3. The first-order chi connectivity index (χ1) is 17.7. The third-order valence-electron chi connectivity index (χ3n) is 6.19. The lowest BCUT2D eigenvalue weighted by Crippen LogP contribution is -2.20. The zero-order chi connectivity index (χ0) is 27.7. The van der Waals surface area contributed by atoms with Crippen molar-refractivity contribution in [1.82, 2.24) is 4.57 Å². The summed E-state index contributed by atoms with van der Waals surface area (Å²) in [6.07, 6.45) is 2.82. The van der Waals surface area contributed by atoms with Crippen molar-refractivity contribution in [2.45, 2.75) is 73.5 Å². The minimum atomic E-state index is -0.867. The number of nitrogens with zero attached hydrogens (tertiary/aromatic N) is 2. The van der Waals surface area contributed by atoms with Crippen molar-refractivity contribution < 1.29 is 18.6 Å². The number of fused-ring (bicyclic) bond motifs is 1. The number of alkyl halides is 1. The van der Waals surface area contributed by atoms with Crippen LogP contribution in [0.1, 0.15) is 62.8 Å². The molecule has 0 radical (unpaired) electrons. The number of aromatic nitrogens is 1. The molecule has 1 aromatic heterocycles. The average molecular weight is 517 g/mol. The first-order valence-corrected chi connectivity index (χ1v) is 13.2. The van der Waals surface area contributed by atoms with Crippen LogP contribution in [0.15, 0.2) is 35.3 Å². The highest BCUT2D eigenvalue weighted by Crippen LogP contribution is 2.31. The lowest BCUT2D eigenvalue weighted by Gasteiger charge is -2.21. The Morgan fingerprint density at radius 1 is 1.08 bits per heavy atom. The number of ether oxygens (including phenoxy) is 1. The van der Waals surface area contributed by atoms with E-state index in [0.29, 0.717) is 65.0 Å². The molecule has 7 heteroatoms. The van der Waals surface area contributed by atoms with Gasteiger partial charge in [-0.05, 0) is 55.2 Å². The van der Waals surface area contributed by atoms with Gasteiger partial charge in [0.1, 0.15) is 17.7 Å². The fourth-order valence-corrected chi connectivity index (χ4v) is 4.52. The van der Waals surface area contributed by atoms with Gasteiger partial charge in [-0.1, -0.05) is 34.1 Å². The Bertz CT molecular complexity index is 1240. The highest BCUT2D eigenvalue weighted by Gasteiger charge is 2.24. The fraction of sp³-hybridized carbons (Fsp3) is 0.500. The van der Waals surface area contributed by atoms with Crippen LogP contribution in [0.5, 0.6) is 5.75 Å². The van der Waals surface area contributed by atoms with Crippen molar-refractivity contribution in [2.24, 2.45) is 0 Å². The summed E-state index contributed by atoms with van der Waals surface area (Å²) in [6, 6.07) is 7.05. The van der Waals surface area contributed by atoms with E-state index in [1.54, 1.807) is 44.3 Å². The summed E-state index contributed by atoms with van der Waals surface area (Å²) in [4.78, 5) is 14.8. The van der Waals surface area contributed by atoms with Gasteiger partial charge in [0, 0.05) is 55.0 Å². The third kappa shape index (κ3) is 7.10. The maximum absolute atomic E-state index is 15.1. The molecule has 2 heterocycles. The molecule has 5 nitrogen and oxygen atoms in total. The van der Waals surface area contributed by atoms with Gasteiger partial charge < -0.3 is 19.3 Å². The third-order valence-corrected chi connectivity index (χ3v) is 6.19. The van der Waals surface area contributed by atoms with Gasteiger partial charge in [0.15, 0.2) is 5.43 Å². The Morgan fingerprint density at radius 2 is 1.76 bits per heavy atom. The number of hydrogen-bond acceptors (Lipinski definition) is 4. The summed E-state index contributed by atoms with van der Waals surface area (Å²) in [5.41, 5.74) is 3.60. The summed E-state index contributed by atoms with van der Waals surface area (Å²) in [7, 11) is 1.54. The van der Waals surface area contributed by atoms with Crippen LogP contribution in [0, 0.1) is 19.7 Å². The van der Waals surface area contributed by atoms with Crippen molar-refractivity contribution in [3.8, 4) is 5.75 Å². The number of anilines is 1. The second kappa shape index (κ2) is 14.1. The van der Waals surface area contributed by atoms with Gasteiger partial charge in [-0.2, -0.15) is 0 Å². The second-order valence-corrected chi connectivity index (χ2v) is 9.19. The number of methoxy groups -OCH3 is 1. The van der Waals surface area contributed by atoms with Crippen LogP contribution in [0.3, 0.4) is 0 Å². The summed E-state index contributed by atoms with van der Waals surface area (Å²) in [5, 5.41) is 9.91. The van der Waals surface area contributed by atoms with Gasteiger partial charge in [0.25, 0.3) is 0 Å². The Hall–Kier alpha value is -2.93. The maximum Gasteiger partial charge on any atom is 0.192 e. The van der Waals surface area contributed by atoms with Gasteiger partial charge in [0.2, 0.25) is 0 Å². The first kappa shape index (κ1) is 30.3. The Morgan fingerprint density at radius 3 is 2.32 bits per heavy atom. The first-order valence-electron chi connectivity index (χ1n) is 13.2. The lowest BCUT2D eigenvalue weighted by atomic mass is 9.98. The number of rotatable bonds is 6. The SMILES string of the molecule is CC.CCC.COc1cc2c(cc1Cc1cc(N3CCC(F)C3)cc(C)c1F)c(=O)c(C)cn2CCO. The molecule has 1 saturated heterocycles. The Balaban J connectivity index is 0.000000898. The van der Waals surface area contributed by atoms with E-state index in [9.17, 15) is 14.3 Å². The number of aryl methyl sites for hydroxylation is 2. The Kier molecular flexibility index (Phi) is 11.6. The van der Waals surface area contributed by atoms with E-state index in [1.165, 1.54) is 13.5 Å². The van der Waals surface area contributed by atoms with Crippen molar-refractivity contribution in [3.05, 3.63) is 68.8 Å². The second-order valence-electron chi connectivity index (χ2n) is 9.19. The van der Waals surface area contributed by atoms with Crippen LogP contribution < -0.4 is 15.1 Å². The van der Waals surface area contributed by atoms with E-state index in [4.69, 9.17) is 4.74 Å². The molecule has 0 amide bonds. The predicted molar refractivity (Wildman–Crippen MR) is 150 cm³/mol. The molecule has 1 fully saturated rings. The van der Waals surface area contributed by atoms with Crippen LogP contribution in [-0.2, 0) is 13.0 Å². The minimum Gasteiger partial charge on any atom is -0.496 e. The molecule has 0 spiro atoms. The smallest absolute Gasteiger partial charge is 0.192 e. The monoisotopic (exact) mass is 516 g/mol. The fourth-order valence-electron chi connectivity index (χ4n) is 4.52. The summed E-state index contributed by atoms with van der Waals surface area (Å²) >= 11 is 0. The molecule has 0 bridgehead atoms. The molecule has 0 aliphatic carbocycles. The summed E-state index contributed by atoms with van der Waals surface area (Å²) < 4.78 is 36.2. The van der Waals surface area contributed by atoms with E-state index in [-0.39, 0.29) is 24.3 Å². The van der Waals surface area contributed by atoms with Gasteiger partial charge in [0.05, 0.1) is 19.2 Å². The quantitative estimate of drug-likeness (QED) is 0.415. The molecule has 1 aliphatic heterocycles. The molecule has 0 saturated carbocycles. The molecular weight excluding hydrogens is 474 g/mol. The van der Waals surface area contributed by atoms with Crippen LogP contribution in [-0.4, -0.2) is 42.7 Å². The van der Waals surface area contributed by atoms with Gasteiger partial charge >= 0.3 is 0 Å². The molecule has 204 valence electrons. The zero-order valence-corrected chi connectivity index (χ0v) is 23.3. The van der Waals surface area contributed by atoms with Crippen molar-refractivity contribution in [2.75, 3.05) is 31.7 Å². The van der Waals surface area contributed by atoms with E-state index in [2.05, 4.69) is 13.8 Å². The van der Waals surface area contributed by atoms with Crippen LogP contribution in [0.4, 0.5) is 14.5 Å². The Labute approximate surface area is 219 Å². The molecule has 3 aromatic rings. The number of hydrogen-bond donors (Lipinski definition) is 1. The average Bonchev–Trinajstić information content (AvgIpc) is 3.33. The van der Waals surface area contributed by atoms with Crippen LogP contribution in [0.2, 0.25) is 0 Å². The van der Waals surface area contributed by atoms with E-state index >= 15 is 4.39 Å². The number of aliphatic hydroxyl groups excluding tert-OH is 1. The topological polar surface area (TPSA) is 54.7 Å². The highest BCUT2D eigenvalue weighted by molar-refractivity contribution is 5.82. The van der Waals surface area contributed by atoms with Gasteiger partial charge in [-0.25, -0.2) is 8.78 Å². The maximum atomic E-state index is 15.1. The van der Waals surface area contributed by atoms with Crippen LogP contribution >= 0.6 is 0 Å². The number of pyridine rings is 1. The van der Waals surface area contributed by atoms with Gasteiger partial charge in [-0.15, -0.1) is 0 Å². The highest BCUT2D eigenvalue weighted by atomic mass is 19.1. The standard InChI is InChI=1S/C25H28F2N2O3.C3H8.C2H6/c1-15-8-20(28-5-4-19(26)14-28)10-18(24(15)27)9-17-11-21-22(12-23(17)32-3)29(6-7-30)13-16(2)25(21)31;1-3-2;1-2/h8,10-13,19,30H,4-7,9,14H2,1-3H3;3H2,1-2H3;1-2H3. The predicted octanol–water partition coefficient (Wildman–Crippen LogP) is 6.34. The summed E-state index contributed by atoms with van der Waals surface area (Å²) in [5.74, 6) is 0.230. The largest absolute Gasteiger partial charge is 0.496 e.